The van der Waals surface area contributed by atoms with Crippen molar-refractivity contribution in [3.05, 3.63) is 33.3 Å². The van der Waals surface area contributed by atoms with Crippen molar-refractivity contribution < 1.29 is 9.59 Å². The Morgan fingerprint density at radius 3 is 2.55 bits per heavy atom. The van der Waals surface area contributed by atoms with Crippen LogP contribution in [0.4, 0.5) is 0 Å². The SMILES string of the molecule is CC(C)CNC(=O)CCNC(=O)c1cc(Cl)cc(Br)c1. The second-order valence-electron chi connectivity index (χ2n) is 4.86. The first-order valence-corrected chi connectivity index (χ1v) is 7.56. The Morgan fingerprint density at radius 2 is 1.95 bits per heavy atom. The molecule has 0 saturated carbocycles. The highest BCUT2D eigenvalue weighted by atomic mass is 79.9. The molecule has 0 aromatic heterocycles. The summed E-state index contributed by atoms with van der Waals surface area (Å²) in [5.41, 5.74) is 0.465. The maximum Gasteiger partial charge on any atom is 0.251 e. The van der Waals surface area contributed by atoms with Crippen LogP contribution in [0.25, 0.3) is 0 Å². The molecule has 1 rings (SSSR count). The number of rotatable bonds is 6. The Balaban J connectivity index is 2.38. The van der Waals surface area contributed by atoms with Crippen LogP contribution >= 0.6 is 27.5 Å². The largest absolute Gasteiger partial charge is 0.356 e. The molecule has 0 radical (unpaired) electrons. The highest BCUT2D eigenvalue weighted by Gasteiger charge is 2.08. The van der Waals surface area contributed by atoms with Crippen molar-refractivity contribution in [1.82, 2.24) is 10.6 Å². The van der Waals surface area contributed by atoms with Gasteiger partial charge in [-0.3, -0.25) is 9.59 Å². The van der Waals surface area contributed by atoms with Crippen molar-refractivity contribution in [1.29, 1.82) is 0 Å². The third kappa shape index (κ3) is 6.39. The molecule has 4 nitrogen and oxygen atoms in total. The minimum absolute atomic E-state index is 0.0636. The van der Waals surface area contributed by atoms with Gasteiger partial charge in [-0.05, 0) is 24.1 Å². The number of amides is 2. The molecule has 6 heteroatoms. The van der Waals surface area contributed by atoms with Crippen LogP contribution in [-0.2, 0) is 4.79 Å². The van der Waals surface area contributed by atoms with Gasteiger partial charge in [-0.15, -0.1) is 0 Å². The quantitative estimate of drug-likeness (QED) is 0.818. The van der Waals surface area contributed by atoms with Crippen LogP contribution in [-0.4, -0.2) is 24.9 Å². The van der Waals surface area contributed by atoms with Gasteiger partial charge in [0.05, 0.1) is 0 Å². The Labute approximate surface area is 132 Å². The molecule has 0 aliphatic carbocycles. The van der Waals surface area contributed by atoms with E-state index in [9.17, 15) is 9.59 Å². The number of benzene rings is 1. The molecule has 2 amide bonds. The Bertz CT molecular complexity index is 472. The van der Waals surface area contributed by atoms with Crippen LogP contribution in [0.3, 0.4) is 0 Å². The second kappa shape index (κ2) is 8.27. The third-order valence-electron chi connectivity index (χ3n) is 2.47. The van der Waals surface area contributed by atoms with Crippen LogP contribution in [0.1, 0.15) is 30.6 Å². The summed E-state index contributed by atoms with van der Waals surface area (Å²) < 4.78 is 0.741. The third-order valence-corrected chi connectivity index (χ3v) is 3.15. The standard InChI is InChI=1S/C14H18BrClN2O2/c1-9(2)8-18-13(19)3-4-17-14(20)10-5-11(15)7-12(16)6-10/h5-7,9H,3-4,8H2,1-2H3,(H,17,20)(H,18,19). The number of carbonyl (C=O) groups excluding carboxylic acids is 2. The normalized spacial score (nSPS) is 10.4. The van der Waals surface area contributed by atoms with E-state index in [1.165, 1.54) is 0 Å². The number of hydrogen-bond donors (Lipinski definition) is 2. The lowest BCUT2D eigenvalue weighted by Gasteiger charge is -2.08. The van der Waals surface area contributed by atoms with Gasteiger partial charge in [0.1, 0.15) is 0 Å². The highest BCUT2D eigenvalue weighted by molar-refractivity contribution is 9.10. The zero-order valence-corrected chi connectivity index (χ0v) is 13.8. The van der Waals surface area contributed by atoms with Crippen LogP contribution < -0.4 is 10.6 Å². The molecule has 1 aromatic carbocycles. The first kappa shape index (κ1) is 17.0. The Hall–Kier alpha value is -1.07. The summed E-state index contributed by atoms with van der Waals surface area (Å²) in [7, 11) is 0. The molecule has 0 atom stereocenters. The van der Waals surface area contributed by atoms with Crippen molar-refractivity contribution >= 4 is 39.3 Å². The van der Waals surface area contributed by atoms with Crippen molar-refractivity contribution in [2.45, 2.75) is 20.3 Å². The predicted molar refractivity (Wildman–Crippen MR) is 83.9 cm³/mol. The molecule has 0 bridgehead atoms. The molecular formula is C14H18BrClN2O2. The van der Waals surface area contributed by atoms with E-state index in [2.05, 4.69) is 26.6 Å². The number of carbonyl (C=O) groups is 2. The average molecular weight is 362 g/mol. The highest BCUT2D eigenvalue weighted by Crippen LogP contribution is 2.19. The molecule has 20 heavy (non-hydrogen) atoms. The van der Waals surface area contributed by atoms with Crippen molar-refractivity contribution in [3.8, 4) is 0 Å². The first-order valence-electron chi connectivity index (χ1n) is 6.39. The van der Waals surface area contributed by atoms with Crippen LogP contribution in [0.5, 0.6) is 0 Å². The lowest BCUT2D eigenvalue weighted by molar-refractivity contribution is -0.121. The summed E-state index contributed by atoms with van der Waals surface area (Å²) in [6.07, 6.45) is 0.264. The maximum absolute atomic E-state index is 11.9. The van der Waals surface area contributed by atoms with Crippen LogP contribution in [0.2, 0.25) is 5.02 Å². The number of nitrogens with one attached hydrogen (secondary N) is 2. The topological polar surface area (TPSA) is 58.2 Å². The van der Waals surface area contributed by atoms with E-state index in [-0.39, 0.29) is 18.2 Å². The monoisotopic (exact) mass is 360 g/mol. The Kier molecular flexibility index (Phi) is 7.02. The van der Waals surface area contributed by atoms with Crippen molar-refractivity contribution in [3.63, 3.8) is 0 Å². The minimum atomic E-state index is -0.246. The van der Waals surface area contributed by atoms with Gasteiger partial charge >= 0.3 is 0 Å². The zero-order valence-electron chi connectivity index (χ0n) is 11.5. The second-order valence-corrected chi connectivity index (χ2v) is 6.21. The van der Waals surface area contributed by atoms with Gasteiger partial charge in [-0.2, -0.15) is 0 Å². The molecule has 110 valence electrons. The van der Waals surface area contributed by atoms with E-state index in [1.807, 2.05) is 13.8 Å². The van der Waals surface area contributed by atoms with Crippen molar-refractivity contribution in [2.24, 2.45) is 5.92 Å². The first-order chi connectivity index (χ1) is 9.38. The van der Waals surface area contributed by atoms with Gasteiger partial charge in [-0.1, -0.05) is 41.4 Å². The van der Waals surface area contributed by atoms with Gasteiger partial charge in [0.15, 0.2) is 0 Å². The van der Waals surface area contributed by atoms with Crippen molar-refractivity contribution in [2.75, 3.05) is 13.1 Å². The van der Waals surface area contributed by atoms with Gasteiger partial charge in [-0.25, -0.2) is 0 Å². The fraction of sp³-hybridized carbons (Fsp3) is 0.429. The summed E-state index contributed by atoms with van der Waals surface area (Å²) in [5, 5.41) is 5.97. The lowest BCUT2D eigenvalue weighted by atomic mass is 10.2. The molecule has 0 aliphatic rings. The summed E-state index contributed by atoms with van der Waals surface area (Å²) in [6, 6.07) is 4.97. The summed E-state index contributed by atoms with van der Waals surface area (Å²) in [4.78, 5) is 23.4. The Morgan fingerprint density at radius 1 is 1.25 bits per heavy atom. The van der Waals surface area contributed by atoms with Gasteiger partial charge in [0.2, 0.25) is 5.91 Å². The van der Waals surface area contributed by atoms with Gasteiger partial charge < -0.3 is 10.6 Å². The molecule has 0 unspecified atom stereocenters. The molecule has 0 aliphatic heterocycles. The summed E-state index contributed by atoms with van der Waals surface area (Å²) in [5.74, 6) is 0.105. The lowest BCUT2D eigenvalue weighted by Crippen LogP contribution is -2.32. The van der Waals surface area contributed by atoms with E-state index >= 15 is 0 Å². The zero-order chi connectivity index (χ0) is 15.1. The van der Waals surface area contributed by atoms with E-state index in [1.54, 1.807) is 18.2 Å². The minimum Gasteiger partial charge on any atom is -0.356 e. The van der Waals surface area contributed by atoms with E-state index < -0.39 is 0 Å². The molecule has 2 N–H and O–H groups in total. The predicted octanol–water partition coefficient (Wildman–Crippen LogP) is 2.99. The molecule has 0 saturated heterocycles. The van der Waals surface area contributed by atoms with Crippen LogP contribution in [0, 0.1) is 5.92 Å². The smallest absolute Gasteiger partial charge is 0.251 e. The number of hydrogen-bond acceptors (Lipinski definition) is 2. The molecule has 0 heterocycles. The maximum atomic E-state index is 11.9. The fourth-order valence-corrected chi connectivity index (χ4v) is 2.34. The molecule has 1 aromatic rings. The molecule has 0 fully saturated rings. The molecule has 0 spiro atoms. The van der Waals surface area contributed by atoms with E-state index in [4.69, 9.17) is 11.6 Å². The van der Waals surface area contributed by atoms with Gasteiger partial charge in [0, 0.05) is 34.6 Å². The fourth-order valence-electron chi connectivity index (χ4n) is 1.48. The summed E-state index contributed by atoms with van der Waals surface area (Å²) in [6.45, 7) is 5.00. The molecular weight excluding hydrogens is 344 g/mol. The van der Waals surface area contributed by atoms with Gasteiger partial charge in [0.25, 0.3) is 5.91 Å². The average Bonchev–Trinajstić information content (AvgIpc) is 2.35. The van der Waals surface area contributed by atoms with Crippen LogP contribution in [0.15, 0.2) is 22.7 Å². The summed E-state index contributed by atoms with van der Waals surface area (Å²) >= 11 is 9.15. The number of halogens is 2. The van der Waals surface area contributed by atoms with E-state index in [0.29, 0.717) is 29.6 Å². The van der Waals surface area contributed by atoms with E-state index in [0.717, 1.165) is 4.47 Å².